The van der Waals surface area contributed by atoms with E-state index in [2.05, 4.69) is 85.0 Å². The number of alkyl halides is 2. The van der Waals surface area contributed by atoms with Crippen molar-refractivity contribution in [3.63, 3.8) is 0 Å². The summed E-state index contributed by atoms with van der Waals surface area (Å²) in [6.45, 7) is 1.06. The molecule has 0 saturated heterocycles. The maximum absolute atomic E-state index is 3.82. The van der Waals surface area contributed by atoms with Gasteiger partial charge in [-0.25, -0.2) is 0 Å². The van der Waals surface area contributed by atoms with Gasteiger partial charge in [0.2, 0.25) is 0 Å². The Balaban J connectivity index is 1.92. The van der Waals surface area contributed by atoms with Crippen LogP contribution in [0.15, 0.2) is 48.5 Å². The van der Waals surface area contributed by atoms with E-state index in [1.54, 1.807) is 0 Å². The van der Waals surface area contributed by atoms with Gasteiger partial charge in [0.05, 0.1) is 0 Å². The Morgan fingerprint density at radius 2 is 1.43 bits per heavy atom. The molecule has 0 amide bonds. The van der Waals surface area contributed by atoms with Crippen LogP contribution in [0.2, 0.25) is 0 Å². The molecular weight excluding hydrogens is 390 g/mol. The average Bonchev–Trinajstić information content (AvgIpc) is 2.85. The Morgan fingerprint density at radius 1 is 0.857 bits per heavy atom. The van der Waals surface area contributed by atoms with Crippen LogP contribution >= 0.6 is 31.9 Å². The van der Waals surface area contributed by atoms with Crippen molar-refractivity contribution in [2.75, 3.05) is 5.33 Å². The van der Waals surface area contributed by atoms with Gasteiger partial charge in [-0.2, -0.15) is 0 Å². The van der Waals surface area contributed by atoms with Crippen molar-refractivity contribution in [2.24, 2.45) is 0 Å². The predicted molar refractivity (Wildman–Crippen MR) is 99.8 cm³/mol. The van der Waals surface area contributed by atoms with Gasteiger partial charge in [0.25, 0.3) is 0 Å². The molecule has 110 valence electrons. The molecule has 1 heterocycles. The number of nitrogens with zero attached hydrogens (tertiary/aromatic N) is 1. The molecule has 3 rings (SSSR count). The lowest BCUT2D eigenvalue weighted by molar-refractivity contribution is 0.625. The highest BCUT2D eigenvalue weighted by atomic mass is 79.9. The Morgan fingerprint density at radius 3 is 2.00 bits per heavy atom. The van der Waals surface area contributed by atoms with E-state index in [-0.39, 0.29) is 0 Å². The number of halogens is 2. The number of hydrogen-bond donors (Lipinski definition) is 0. The standard InChI is InChI=1S/C18H19Br2N/c19-12-5-6-14(20)11-13-21-17-9-3-1-7-15(17)16-8-2-4-10-18(16)21/h1-4,7-10,14H,5-6,11-13H2. The Kier molecular flexibility index (Phi) is 5.02. The van der Waals surface area contributed by atoms with E-state index >= 15 is 0 Å². The molecule has 0 fully saturated rings. The Hall–Kier alpha value is -0.800. The van der Waals surface area contributed by atoms with Gasteiger partial charge in [0.15, 0.2) is 0 Å². The zero-order valence-electron chi connectivity index (χ0n) is 11.9. The minimum atomic E-state index is 0.593. The van der Waals surface area contributed by atoms with Gasteiger partial charge >= 0.3 is 0 Å². The van der Waals surface area contributed by atoms with Crippen LogP contribution in [0.4, 0.5) is 0 Å². The summed E-state index contributed by atoms with van der Waals surface area (Å²) >= 11 is 7.33. The molecule has 0 saturated carbocycles. The van der Waals surface area contributed by atoms with Crippen LogP contribution in [0.5, 0.6) is 0 Å². The molecule has 1 atom stereocenters. The second-order valence-electron chi connectivity index (χ2n) is 5.40. The number of aromatic nitrogens is 1. The number of aryl methyl sites for hydroxylation is 1. The van der Waals surface area contributed by atoms with Gasteiger partial charge in [-0.05, 0) is 31.4 Å². The van der Waals surface area contributed by atoms with Crippen LogP contribution in [0.1, 0.15) is 19.3 Å². The van der Waals surface area contributed by atoms with Gasteiger partial charge in [-0.1, -0.05) is 68.3 Å². The first-order chi connectivity index (χ1) is 10.3. The second-order valence-corrected chi connectivity index (χ2v) is 7.49. The molecule has 2 aromatic carbocycles. The summed E-state index contributed by atoms with van der Waals surface area (Å²) in [5.74, 6) is 0. The van der Waals surface area contributed by atoms with Gasteiger partial charge in [-0.15, -0.1) is 0 Å². The molecule has 0 aliphatic heterocycles. The quantitative estimate of drug-likeness (QED) is 0.432. The van der Waals surface area contributed by atoms with E-state index in [1.165, 1.54) is 34.6 Å². The SMILES string of the molecule is BrCCCC(Br)CCn1c2ccccc2c2ccccc21. The van der Waals surface area contributed by atoms with Crippen LogP contribution in [-0.4, -0.2) is 14.7 Å². The topological polar surface area (TPSA) is 4.93 Å². The molecule has 0 radical (unpaired) electrons. The van der Waals surface area contributed by atoms with Crippen molar-refractivity contribution in [1.82, 2.24) is 4.57 Å². The lowest BCUT2D eigenvalue weighted by Gasteiger charge is -2.11. The number of fused-ring (bicyclic) bond motifs is 3. The number of rotatable bonds is 6. The number of para-hydroxylation sites is 2. The zero-order valence-corrected chi connectivity index (χ0v) is 15.1. The summed E-state index contributed by atoms with van der Waals surface area (Å²) in [5.41, 5.74) is 2.69. The lowest BCUT2D eigenvalue weighted by atomic mass is 10.2. The summed E-state index contributed by atoms with van der Waals surface area (Å²) in [6, 6.07) is 17.4. The zero-order chi connectivity index (χ0) is 14.7. The molecule has 3 aromatic rings. The summed E-state index contributed by atoms with van der Waals surface area (Å²) < 4.78 is 2.47. The van der Waals surface area contributed by atoms with Gasteiger partial charge < -0.3 is 4.57 Å². The van der Waals surface area contributed by atoms with E-state index < -0.39 is 0 Å². The third-order valence-corrected chi connectivity index (χ3v) is 5.47. The Bertz CT molecular complexity index is 679. The molecule has 3 heteroatoms. The maximum atomic E-state index is 3.82. The minimum absolute atomic E-state index is 0.593. The van der Waals surface area contributed by atoms with Crippen molar-refractivity contribution in [1.29, 1.82) is 0 Å². The summed E-state index contributed by atoms with van der Waals surface area (Å²) in [6.07, 6.45) is 3.61. The van der Waals surface area contributed by atoms with Crippen molar-refractivity contribution >= 4 is 53.7 Å². The smallest absolute Gasteiger partial charge is 0.0491 e. The fraction of sp³-hybridized carbons (Fsp3) is 0.333. The van der Waals surface area contributed by atoms with E-state index in [0.29, 0.717) is 4.83 Å². The highest BCUT2D eigenvalue weighted by molar-refractivity contribution is 9.09. The van der Waals surface area contributed by atoms with Crippen LogP contribution in [0.3, 0.4) is 0 Å². The molecule has 0 N–H and O–H groups in total. The van der Waals surface area contributed by atoms with Crippen molar-refractivity contribution in [2.45, 2.75) is 30.6 Å². The second kappa shape index (κ2) is 6.97. The van der Waals surface area contributed by atoms with Crippen LogP contribution in [-0.2, 0) is 6.54 Å². The normalized spacial score (nSPS) is 13.0. The predicted octanol–water partition coefficient (Wildman–Crippen LogP) is 6.12. The summed E-state index contributed by atoms with van der Waals surface area (Å²) in [4.78, 5) is 0.593. The van der Waals surface area contributed by atoms with Crippen molar-refractivity contribution < 1.29 is 0 Å². The number of hydrogen-bond acceptors (Lipinski definition) is 0. The van der Waals surface area contributed by atoms with Crippen molar-refractivity contribution in [3.8, 4) is 0 Å². The molecule has 1 nitrogen and oxygen atoms in total. The largest absolute Gasteiger partial charge is 0.340 e. The Labute approximate surface area is 142 Å². The molecule has 0 aliphatic carbocycles. The van der Waals surface area contributed by atoms with Crippen LogP contribution in [0.25, 0.3) is 21.8 Å². The molecule has 0 spiro atoms. The summed E-state index contributed by atoms with van der Waals surface area (Å²) in [5, 5.41) is 3.81. The third kappa shape index (κ3) is 3.19. The monoisotopic (exact) mass is 407 g/mol. The summed E-state index contributed by atoms with van der Waals surface area (Å²) in [7, 11) is 0. The highest BCUT2D eigenvalue weighted by Crippen LogP contribution is 2.29. The van der Waals surface area contributed by atoms with E-state index in [0.717, 1.165) is 18.3 Å². The highest BCUT2D eigenvalue weighted by Gasteiger charge is 2.11. The molecule has 21 heavy (non-hydrogen) atoms. The molecule has 1 unspecified atom stereocenters. The first kappa shape index (κ1) is 15.1. The molecule has 0 bridgehead atoms. The third-order valence-electron chi connectivity index (χ3n) is 4.00. The number of benzene rings is 2. The van der Waals surface area contributed by atoms with Crippen LogP contribution in [0, 0.1) is 0 Å². The van der Waals surface area contributed by atoms with E-state index in [1.807, 2.05) is 0 Å². The maximum Gasteiger partial charge on any atom is 0.0491 e. The van der Waals surface area contributed by atoms with Gasteiger partial charge in [0, 0.05) is 38.5 Å². The molecule has 0 aliphatic rings. The molecular formula is C18H19Br2N. The lowest BCUT2D eigenvalue weighted by Crippen LogP contribution is -2.05. The van der Waals surface area contributed by atoms with Crippen molar-refractivity contribution in [3.05, 3.63) is 48.5 Å². The van der Waals surface area contributed by atoms with Gasteiger partial charge in [-0.3, -0.25) is 0 Å². The fourth-order valence-corrected chi connectivity index (χ4v) is 3.81. The average molecular weight is 409 g/mol. The van der Waals surface area contributed by atoms with E-state index in [9.17, 15) is 0 Å². The minimum Gasteiger partial charge on any atom is -0.340 e. The first-order valence-electron chi connectivity index (χ1n) is 7.47. The van der Waals surface area contributed by atoms with Gasteiger partial charge in [0.1, 0.15) is 0 Å². The van der Waals surface area contributed by atoms with Crippen LogP contribution < -0.4 is 0 Å². The van der Waals surface area contributed by atoms with E-state index in [4.69, 9.17) is 0 Å². The molecule has 1 aromatic heterocycles. The fourth-order valence-electron chi connectivity index (χ4n) is 2.96. The first-order valence-corrected chi connectivity index (χ1v) is 9.51.